The minimum Gasteiger partial charge on any atom is -0.508 e. The highest BCUT2D eigenvalue weighted by molar-refractivity contribution is 5.35. The molecule has 0 aliphatic heterocycles. The fourth-order valence-corrected chi connectivity index (χ4v) is 5.45. The molecule has 0 aromatic heterocycles. The first-order valence-corrected chi connectivity index (χ1v) is 10.6. The van der Waals surface area contributed by atoms with Crippen molar-refractivity contribution < 1.29 is 10.2 Å². The summed E-state index contributed by atoms with van der Waals surface area (Å²) in [4.78, 5) is 2.41. The number of rotatable bonds is 5. The Morgan fingerprint density at radius 1 is 1.04 bits per heavy atom. The molecule has 0 unspecified atom stereocenters. The minimum atomic E-state index is -0.477. The van der Waals surface area contributed by atoms with Gasteiger partial charge in [0.2, 0.25) is 0 Å². The van der Waals surface area contributed by atoms with Crippen molar-refractivity contribution in [1.29, 1.82) is 0 Å². The summed E-state index contributed by atoms with van der Waals surface area (Å²) in [5, 5.41) is 21.5. The van der Waals surface area contributed by atoms with Crippen LogP contribution in [0.5, 0.6) is 5.75 Å². The van der Waals surface area contributed by atoms with Crippen molar-refractivity contribution in [3.05, 3.63) is 65.7 Å². The molecule has 2 saturated carbocycles. The van der Waals surface area contributed by atoms with Crippen LogP contribution in [0.1, 0.15) is 56.6 Å². The molecule has 0 heterocycles. The Hall–Kier alpha value is -1.84. The lowest BCUT2D eigenvalue weighted by molar-refractivity contribution is -0.0812. The van der Waals surface area contributed by atoms with E-state index in [1.807, 2.05) is 18.2 Å². The van der Waals surface area contributed by atoms with Crippen LogP contribution in [-0.2, 0) is 5.41 Å². The van der Waals surface area contributed by atoms with E-state index in [0.29, 0.717) is 11.8 Å². The summed E-state index contributed by atoms with van der Waals surface area (Å²) >= 11 is 0. The van der Waals surface area contributed by atoms with Crippen molar-refractivity contribution in [1.82, 2.24) is 4.90 Å². The molecule has 2 aromatic carbocycles. The van der Waals surface area contributed by atoms with Crippen LogP contribution in [0, 0.1) is 5.92 Å². The maximum absolute atomic E-state index is 11.6. The van der Waals surface area contributed by atoms with E-state index < -0.39 is 6.10 Å². The minimum absolute atomic E-state index is 0.262. The zero-order valence-electron chi connectivity index (χ0n) is 17.3. The van der Waals surface area contributed by atoms with E-state index in [4.69, 9.17) is 0 Å². The van der Waals surface area contributed by atoms with Crippen molar-refractivity contribution in [2.45, 2.75) is 62.5 Å². The normalized spacial score (nSPS) is 35.1. The van der Waals surface area contributed by atoms with Crippen LogP contribution in [0.15, 0.2) is 54.6 Å². The molecule has 0 spiro atoms. The topological polar surface area (TPSA) is 43.7 Å². The summed E-state index contributed by atoms with van der Waals surface area (Å²) in [6.45, 7) is 5.39. The molecule has 0 radical (unpaired) electrons. The van der Waals surface area contributed by atoms with Crippen molar-refractivity contribution in [2.75, 3.05) is 13.6 Å². The van der Waals surface area contributed by atoms with Crippen molar-refractivity contribution in [2.24, 2.45) is 5.92 Å². The van der Waals surface area contributed by atoms with Gasteiger partial charge in [0.15, 0.2) is 0 Å². The third-order valence-electron chi connectivity index (χ3n) is 7.61. The molecule has 2 N–H and O–H groups in total. The number of benzene rings is 2. The standard InChI is InChI=1S/C25H33NO2/c1-24(20-11-7-12-21(27)16-20)13-8-14-25(2,23(24)28)26(3)17-19-15-22(19)18-9-5-4-6-10-18/h4-7,9-12,16,19,22-23,27-28H,8,13-15,17H2,1-3H3/t19-,22-,23+,24+,25+/m1/s1. The zero-order valence-corrected chi connectivity index (χ0v) is 17.3. The average molecular weight is 380 g/mol. The summed E-state index contributed by atoms with van der Waals surface area (Å²) < 4.78 is 0. The van der Waals surface area contributed by atoms with E-state index in [9.17, 15) is 10.2 Å². The van der Waals surface area contributed by atoms with Gasteiger partial charge < -0.3 is 10.2 Å². The Kier molecular flexibility index (Phi) is 5.01. The number of hydrogen-bond acceptors (Lipinski definition) is 3. The van der Waals surface area contributed by atoms with Crippen LogP contribution < -0.4 is 0 Å². The highest BCUT2D eigenvalue weighted by atomic mass is 16.3. The highest BCUT2D eigenvalue weighted by Gasteiger charge is 2.52. The van der Waals surface area contributed by atoms with Crippen molar-refractivity contribution >= 4 is 0 Å². The predicted octanol–water partition coefficient (Wildman–Crippen LogP) is 4.69. The lowest BCUT2D eigenvalue weighted by atomic mass is 9.61. The zero-order chi connectivity index (χ0) is 19.9. The first kappa shape index (κ1) is 19.5. The molecule has 3 heteroatoms. The number of nitrogens with zero attached hydrogens (tertiary/aromatic N) is 1. The van der Waals surface area contributed by atoms with Gasteiger partial charge in [-0.25, -0.2) is 0 Å². The molecule has 0 bridgehead atoms. The number of hydrogen-bond donors (Lipinski definition) is 2. The summed E-state index contributed by atoms with van der Waals surface area (Å²) in [6.07, 6.45) is 3.79. The highest BCUT2D eigenvalue weighted by Crippen LogP contribution is 2.51. The Balaban J connectivity index is 1.50. The third kappa shape index (κ3) is 3.35. The fraction of sp³-hybridized carbons (Fsp3) is 0.520. The smallest absolute Gasteiger partial charge is 0.115 e. The Labute approximate surface area is 169 Å². The number of phenols is 1. The lowest BCUT2D eigenvalue weighted by Crippen LogP contribution is -2.62. The Morgan fingerprint density at radius 3 is 2.50 bits per heavy atom. The van der Waals surface area contributed by atoms with Crippen LogP contribution in [0.4, 0.5) is 0 Å². The maximum atomic E-state index is 11.6. The van der Waals surface area contributed by atoms with Crippen LogP contribution in [0.2, 0.25) is 0 Å². The number of aromatic hydroxyl groups is 1. The molecular formula is C25H33NO2. The molecule has 0 saturated heterocycles. The van der Waals surface area contributed by atoms with Gasteiger partial charge in [0.05, 0.1) is 6.10 Å². The molecule has 0 amide bonds. The first-order valence-electron chi connectivity index (χ1n) is 10.6. The van der Waals surface area contributed by atoms with E-state index in [-0.39, 0.29) is 16.7 Å². The van der Waals surface area contributed by atoms with Gasteiger partial charge in [0, 0.05) is 17.5 Å². The molecule has 2 fully saturated rings. The van der Waals surface area contributed by atoms with E-state index in [0.717, 1.165) is 31.4 Å². The fourth-order valence-electron chi connectivity index (χ4n) is 5.45. The molecule has 3 nitrogen and oxygen atoms in total. The van der Waals surface area contributed by atoms with Gasteiger partial charge in [-0.1, -0.05) is 55.8 Å². The summed E-state index contributed by atoms with van der Waals surface area (Å²) in [5.41, 5.74) is 1.87. The second kappa shape index (κ2) is 7.20. The monoisotopic (exact) mass is 379 g/mol. The molecule has 150 valence electrons. The number of aliphatic hydroxyl groups excluding tert-OH is 1. The van der Waals surface area contributed by atoms with Gasteiger partial charge in [-0.05, 0) is 68.3 Å². The molecular weight excluding hydrogens is 346 g/mol. The van der Waals surface area contributed by atoms with Crippen LogP contribution >= 0.6 is 0 Å². The number of likely N-dealkylation sites (N-methyl/N-ethyl adjacent to an activating group) is 1. The lowest BCUT2D eigenvalue weighted by Gasteiger charge is -2.53. The van der Waals surface area contributed by atoms with E-state index in [2.05, 4.69) is 56.1 Å². The second-order valence-corrected chi connectivity index (χ2v) is 9.47. The SMILES string of the molecule is CN(C[C@H]1C[C@@H]1c1ccccc1)[C@@]1(C)CCC[C@@](C)(c2cccc(O)c2)[C@@H]1O. The van der Waals surface area contributed by atoms with E-state index >= 15 is 0 Å². The Bertz CT molecular complexity index is 822. The summed E-state index contributed by atoms with van der Waals surface area (Å²) in [6, 6.07) is 18.2. The third-order valence-corrected chi connectivity index (χ3v) is 7.61. The van der Waals surface area contributed by atoms with Crippen LogP contribution in [0.25, 0.3) is 0 Å². The van der Waals surface area contributed by atoms with Crippen LogP contribution in [0.3, 0.4) is 0 Å². The van der Waals surface area contributed by atoms with Gasteiger partial charge in [-0.2, -0.15) is 0 Å². The average Bonchev–Trinajstić information content (AvgIpc) is 3.46. The van der Waals surface area contributed by atoms with Gasteiger partial charge in [0.1, 0.15) is 5.75 Å². The summed E-state index contributed by atoms with van der Waals surface area (Å²) in [7, 11) is 2.18. The summed E-state index contributed by atoms with van der Waals surface area (Å²) in [5.74, 6) is 1.60. The predicted molar refractivity (Wildman–Crippen MR) is 114 cm³/mol. The Morgan fingerprint density at radius 2 is 1.79 bits per heavy atom. The van der Waals surface area contributed by atoms with Gasteiger partial charge >= 0.3 is 0 Å². The molecule has 2 aliphatic carbocycles. The molecule has 2 aliphatic rings. The largest absolute Gasteiger partial charge is 0.508 e. The maximum Gasteiger partial charge on any atom is 0.115 e. The first-order chi connectivity index (χ1) is 13.3. The molecule has 2 aromatic rings. The van der Waals surface area contributed by atoms with Gasteiger partial charge in [0.25, 0.3) is 0 Å². The van der Waals surface area contributed by atoms with Gasteiger partial charge in [-0.3, -0.25) is 4.90 Å². The van der Waals surface area contributed by atoms with Gasteiger partial charge in [-0.15, -0.1) is 0 Å². The van der Waals surface area contributed by atoms with E-state index in [1.54, 1.807) is 6.07 Å². The van der Waals surface area contributed by atoms with Crippen molar-refractivity contribution in [3.8, 4) is 5.75 Å². The molecule has 28 heavy (non-hydrogen) atoms. The quantitative estimate of drug-likeness (QED) is 0.792. The van der Waals surface area contributed by atoms with Crippen molar-refractivity contribution in [3.63, 3.8) is 0 Å². The molecule has 5 atom stereocenters. The number of phenolic OH excluding ortho intramolecular Hbond substituents is 1. The molecule has 4 rings (SSSR count). The number of aliphatic hydroxyl groups is 1. The van der Waals surface area contributed by atoms with Crippen LogP contribution in [-0.4, -0.2) is 40.3 Å². The van der Waals surface area contributed by atoms with E-state index in [1.165, 1.54) is 12.0 Å². The second-order valence-electron chi connectivity index (χ2n) is 9.47.